The van der Waals surface area contributed by atoms with Crippen LogP contribution in [0.15, 0.2) is 30.3 Å². The molecule has 1 aromatic carbocycles. The van der Waals surface area contributed by atoms with Crippen LogP contribution in [0, 0.1) is 6.07 Å². The largest absolute Gasteiger partial charge is 0.0622 e. The van der Waals surface area contributed by atoms with Crippen LogP contribution in [0.1, 0.15) is 0 Å². The maximum absolute atomic E-state index is 2.89. The molecule has 0 nitrogen and oxygen atoms in total. The van der Waals surface area contributed by atoms with E-state index in [1.165, 1.54) is 0 Å². The summed E-state index contributed by atoms with van der Waals surface area (Å²) in [6, 6.07) is 12.5. The van der Waals surface area contributed by atoms with Gasteiger partial charge in [-0.2, -0.15) is 0 Å². The van der Waals surface area contributed by atoms with Crippen molar-refractivity contribution < 1.29 is 0 Å². The van der Waals surface area contributed by atoms with E-state index < -0.39 is 0 Å². The van der Waals surface area contributed by atoms with Crippen LogP contribution in [0.5, 0.6) is 0 Å². The van der Waals surface area contributed by atoms with Gasteiger partial charge < -0.3 is 0 Å². The molecular weight excluding hydrogens is 150 g/mol. The van der Waals surface area contributed by atoms with Crippen molar-refractivity contribution in [3.63, 3.8) is 0 Å². The minimum absolute atomic E-state index is 0. The summed E-state index contributed by atoms with van der Waals surface area (Å²) in [5.41, 5.74) is 0. The summed E-state index contributed by atoms with van der Waals surface area (Å²) >= 11 is 0. The Bertz CT molecular complexity index is 78.5. The van der Waals surface area contributed by atoms with E-state index in [-0.39, 0.29) is 103 Å². The standard InChI is InChI=1S/C6H5.2K.2H/c1-2-4-6-5-3-1;;;;/h1-5H;;;;. The van der Waals surface area contributed by atoms with E-state index in [4.69, 9.17) is 0 Å². The molecule has 0 aliphatic heterocycles. The van der Waals surface area contributed by atoms with Crippen molar-refractivity contribution in [1.29, 1.82) is 0 Å². The molecule has 1 rings (SSSR count). The molecule has 0 aliphatic rings. The molecule has 0 spiro atoms. The predicted octanol–water partition coefficient (Wildman–Crippen LogP) is 0.190. The van der Waals surface area contributed by atoms with Gasteiger partial charge in [-0.3, -0.25) is 0 Å². The Morgan fingerprint density at radius 3 is 1.38 bits per heavy atom. The summed E-state index contributed by atoms with van der Waals surface area (Å²) in [5, 5.41) is 0. The first kappa shape index (κ1) is 13.1. The van der Waals surface area contributed by atoms with Crippen molar-refractivity contribution in [2.75, 3.05) is 0 Å². The second kappa shape index (κ2) is 9.49. The van der Waals surface area contributed by atoms with Gasteiger partial charge >= 0.3 is 103 Å². The fourth-order valence-corrected chi connectivity index (χ4v) is 0.342. The fraction of sp³-hybridized carbons (Fsp3) is 0. The SMILES string of the molecule is [KH].[KH].[c]1ccccc1. The molecule has 1 aromatic rings. The summed E-state index contributed by atoms with van der Waals surface area (Å²) in [4.78, 5) is 0. The van der Waals surface area contributed by atoms with E-state index in [2.05, 4.69) is 6.07 Å². The number of hydrogen-bond acceptors (Lipinski definition) is 0. The third-order valence-electron chi connectivity index (χ3n) is 0.607. The van der Waals surface area contributed by atoms with E-state index in [0.717, 1.165) is 0 Å². The van der Waals surface area contributed by atoms with Crippen LogP contribution in [-0.2, 0) is 0 Å². The van der Waals surface area contributed by atoms with Gasteiger partial charge in [-0.1, -0.05) is 30.3 Å². The topological polar surface area (TPSA) is 0 Å². The van der Waals surface area contributed by atoms with Gasteiger partial charge in [-0.25, -0.2) is 0 Å². The molecule has 0 amide bonds. The third-order valence-corrected chi connectivity index (χ3v) is 0.607. The van der Waals surface area contributed by atoms with Gasteiger partial charge in [0.1, 0.15) is 0 Å². The Balaban J connectivity index is 0. The zero-order valence-corrected chi connectivity index (χ0v) is 3.39. The molecule has 0 unspecified atom stereocenters. The summed E-state index contributed by atoms with van der Waals surface area (Å²) in [6.07, 6.45) is 0. The van der Waals surface area contributed by atoms with E-state index in [1.807, 2.05) is 30.3 Å². The van der Waals surface area contributed by atoms with Gasteiger partial charge in [0.2, 0.25) is 0 Å². The Morgan fingerprint density at radius 2 is 1.25 bits per heavy atom. The molecule has 8 heavy (non-hydrogen) atoms. The normalized spacial score (nSPS) is 6.00. The smallest absolute Gasteiger partial charge is 0.0184 e. The summed E-state index contributed by atoms with van der Waals surface area (Å²) in [7, 11) is 0. The molecule has 0 aromatic heterocycles. The van der Waals surface area contributed by atoms with Gasteiger partial charge in [0.15, 0.2) is 0 Å². The van der Waals surface area contributed by atoms with Crippen LogP contribution >= 0.6 is 0 Å². The number of hydrogen-bond donors (Lipinski definition) is 0. The van der Waals surface area contributed by atoms with Crippen molar-refractivity contribution >= 4 is 103 Å². The summed E-state index contributed by atoms with van der Waals surface area (Å²) < 4.78 is 0. The zero-order chi connectivity index (χ0) is 4.24. The van der Waals surface area contributed by atoms with Crippen molar-refractivity contribution in [3.8, 4) is 0 Å². The Hall–Kier alpha value is 2.49. The summed E-state index contributed by atoms with van der Waals surface area (Å²) in [5.74, 6) is 0. The van der Waals surface area contributed by atoms with E-state index >= 15 is 0 Å². The molecule has 0 saturated heterocycles. The Kier molecular flexibility index (Phi) is 15.6. The third kappa shape index (κ3) is 6.61. The molecule has 1 radical (unpaired) electrons. The predicted molar refractivity (Wildman–Crippen MR) is 39.6 cm³/mol. The molecule has 0 heterocycles. The molecule has 0 bridgehead atoms. The van der Waals surface area contributed by atoms with Crippen LogP contribution in [0.3, 0.4) is 0 Å². The molecule has 2 heteroatoms. The van der Waals surface area contributed by atoms with Crippen LogP contribution in [0.25, 0.3) is 0 Å². The van der Waals surface area contributed by atoms with Crippen LogP contribution in [0.4, 0.5) is 0 Å². The molecule has 0 saturated carbocycles. The van der Waals surface area contributed by atoms with Crippen LogP contribution < -0.4 is 0 Å². The van der Waals surface area contributed by atoms with E-state index in [1.54, 1.807) is 0 Å². The van der Waals surface area contributed by atoms with Gasteiger partial charge in [0.25, 0.3) is 0 Å². The van der Waals surface area contributed by atoms with Gasteiger partial charge in [0, 0.05) is 0 Å². The first-order valence-electron chi connectivity index (χ1n) is 1.91. The van der Waals surface area contributed by atoms with Crippen molar-refractivity contribution in [2.24, 2.45) is 0 Å². The van der Waals surface area contributed by atoms with Crippen molar-refractivity contribution in [2.45, 2.75) is 0 Å². The van der Waals surface area contributed by atoms with Gasteiger partial charge in [0.05, 0.1) is 0 Å². The minimum atomic E-state index is 0. The fourth-order valence-electron chi connectivity index (χ4n) is 0.342. The monoisotopic (exact) mass is 157 g/mol. The minimum Gasteiger partial charge on any atom is -0.0622 e. The number of rotatable bonds is 0. The van der Waals surface area contributed by atoms with Crippen molar-refractivity contribution in [3.05, 3.63) is 36.4 Å². The molecular formula is C6H7K2. The maximum atomic E-state index is 2.89. The first-order chi connectivity index (χ1) is 3.00. The quantitative estimate of drug-likeness (QED) is 0.472. The van der Waals surface area contributed by atoms with Gasteiger partial charge in [-0.15, -0.1) is 0 Å². The second-order valence-electron chi connectivity index (χ2n) is 1.08. The molecule has 0 N–H and O–H groups in total. The first-order valence-corrected chi connectivity index (χ1v) is 1.91. The van der Waals surface area contributed by atoms with Crippen LogP contribution in [0.2, 0.25) is 0 Å². The molecule has 0 aliphatic carbocycles. The van der Waals surface area contributed by atoms with E-state index in [0.29, 0.717) is 0 Å². The Labute approximate surface area is 135 Å². The average Bonchev–Trinajstić information content (AvgIpc) is 1.72. The average molecular weight is 157 g/mol. The van der Waals surface area contributed by atoms with E-state index in [9.17, 15) is 0 Å². The molecule has 33 valence electrons. The molecule has 0 fully saturated rings. The van der Waals surface area contributed by atoms with Crippen LogP contribution in [-0.4, -0.2) is 103 Å². The van der Waals surface area contributed by atoms with Gasteiger partial charge in [-0.05, 0) is 6.07 Å². The number of benzene rings is 1. The maximum Gasteiger partial charge on any atom is -0.0184 e. The Morgan fingerprint density at radius 1 is 0.750 bits per heavy atom. The van der Waals surface area contributed by atoms with Crippen molar-refractivity contribution in [1.82, 2.24) is 0 Å². The summed E-state index contributed by atoms with van der Waals surface area (Å²) in [6.45, 7) is 0. The molecule has 0 atom stereocenters. The zero-order valence-electron chi connectivity index (χ0n) is 3.39. The second-order valence-corrected chi connectivity index (χ2v) is 1.08.